The number of amides is 1. The van der Waals surface area contributed by atoms with Crippen molar-refractivity contribution in [1.29, 1.82) is 0 Å². The lowest BCUT2D eigenvalue weighted by atomic mass is 10.0. The van der Waals surface area contributed by atoms with E-state index in [1.165, 1.54) is 10.4 Å². The molecule has 8 heteroatoms. The molecule has 1 atom stereocenters. The maximum Gasteiger partial charge on any atom is 0.254 e. The van der Waals surface area contributed by atoms with Gasteiger partial charge in [0.05, 0.1) is 18.1 Å². The molecule has 0 radical (unpaired) electrons. The average molecular weight is 431 g/mol. The molecule has 1 unspecified atom stereocenters. The van der Waals surface area contributed by atoms with Crippen LogP contribution in [-0.2, 0) is 14.8 Å². The standard InChI is InChI=1S/C17H23BrN2O4S/c1-13-4-2-3-7-20(13)17(21)14-5-6-15(18)16(12-14)25(22,23)19-8-10-24-11-9-19/h5-6,12-13H,2-4,7-11H2,1H3. The molecule has 2 aliphatic rings. The van der Waals surface area contributed by atoms with Gasteiger partial charge in [0.15, 0.2) is 0 Å². The number of carbonyl (C=O) groups is 1. The van der Waals surface area contributed by atoms with Crippen molar-refractivity contribution in [2.75, 3.05) is 32.8 Å². The number of likely N-dealkylation sites (tertiary alicyclic amines) is 1. The number of morpholine rings is 1. The van der Waals surface area contributed by atoms with Gasteiger partial charge in [-0.15, -0.1) is 0 Å². The van der Waals surface area contributed by atoms with E-state index < -0.39 is 10.0 Å². The second-order valence-corrected chi connectivity index (χ2v) is 9.27. The zero-order valence-corrected chi connectivity index (χ0v) is 16.7. The van der Waals surface area contributed by atoms with Crippen molar-refractivity contribution in [3.8, 4) is 0 Å². The summed E-state index contributed by atoms with van der Waals surface area (Å²) < 4.78 is 33.0. The van der Waals surface area contributed by atoms with Gasteiger partial charge in [0.2, 0.25) is 10.0 Å². The molecule has 1 amide bonds. The highest BCUT2D eigenvalue weighted by molar-refractivity contribution is 9.10. The smallest absolute Gasteiger partial charge is 0.254 e. The van der Waals surface area contributed by atoms with Crippen LogP contribution in [-0.4, -0.2) is 62.4 Å². The number of piperidine rings is 1. The number of sulfonamides is 1. The Morgan fingerprint density at radius 2 is 1.92 bits per heavy atom. The second kappa shape index (κ2) is 7.73. The zero-order valence-electron chi connectivity index (χ0n) is 14.3. The van der Waals surface area contributed by atoms with Crippen molar-refractivity contribution in [2.45, 2.75) is 37.1 Å². The van der Waals surface area contributed by atoms with Gasteiger partial charge in [-0.2, -0.15) is 4.31 Å². The third kappa shape index (κ3) is 3.92. The fourth-order valence-corrected chi connectivity index (χ4v) is 5.68. The Kier molecular flexibility index (Phi) is 5.82. The van der Waals surface area contributed by atoms with Crippen LogP contribution in [0.1, 0.15) is 36.5 Å². The molecule has 0 aliphatic carbocycles. The first kappa shape index (κ1) is 18.8. The minimum absolute atomic E-state index is 0.0990. The van der Waals surface area contributed by atoms with E-state index in [2.05, 4.69) is 15.9 Å². The number of carbonyl (C=O) groups excluding carboxylic acids is 1. The van der Waals surface area contributed by atoms with Gasteiger partial charge in [0.1, 0.15) is 0 Å². The molecule has 2 saturated heterocycles. The van der Waals surface area contributed by atoms with Crippen molar-refractivity contribution in [2.24, 2.45) is 0 Å². The monoisotopic (exact) mass is 430 g/mol. The summed E-state index contributed by atoms with van der Waals surface area (Å²) in [4.78, 5) is 14.8. The molecule has 0 N–H and O–H groups in total. The van der Waals surface area contributed by atoms with Crippen LogP contribution in [0.3, 0.4) is 0 Å². The number of ether oxygens (including phenoxy) is 1. The normalized spacial score (nSPS) is 22.8. The third-order valence-electron chi connectivity index (χ3n) is 4.83. The molecule has 6 nitrogen and oxygen atoms in total. The van der Waals surface area contributed by atoms with E-state index in [-0.39, 0.29) is 16.8 Å². The van der Waals surface area contributed by atoms with Crippen LogP contribution in [0.2, 0.25) is 0 Å². The van der Waals surface area contributed by atoms with Crippen molar-refractivity contribution < 1.29 is 17.9 Å². The minimum atomic E-state index is -3.66. The van der Waals surface area contributed by atoms with Crippen LogP contribution in [0, 0.1) is 0 Å². The van der Waals surface area contributed by atoms with E-state index in [4.69, 9.17) is 4.74 Å². The van der Waals surface area contributed by atoms with Crippen molar-refractivity contribution >= 4 is 31.9 Å². The summed E-state index contributed by atoms with van der Waals surface area (Å²) >= 11 is 3.33. The summed E-state index contributed by atoms with van der Waals surface area (Å²) in [5.74, 6) is -0.0990. The van der Waals surface area contributed by atoms with E-state index in [1.807, 2.05) is 11.8 Å². The van der Waals surface area contributed by atoms with Crippen LogP contribution in [0.4, 0.5) is 0 Å². The molecule has 1 aromatic rings. The largest absolute Gasteiger partial charge is 0.379 e. The number of nitrogens with zero attached hydrogens (tertiary/aromatic N) is 2. The van der Waals surface area contributed by atoms with E-state index >= 15 is 0 Å². The number of benzene rings is 1. The van der Waals surface area contributed by atoms with E-state index in [0.717, 1.165) is 25.8 Å². The Labute approximate surface area is 157 Å². The highest BCUT2D eigenvalue weighted by atomic mass is 79.9. The molecule has 2 heterocycles. The van der Waals surface area contributed by atoms with Crippen molar-refractivity contribution in [1.82, 2.24) is 9.21 Å². The van der Waals surface area contributed by atoms with Gasteiger partial charge in [0.25, 0.3) is 5.91 Å². The Bertz CT molecular complexity index is 747. The number of halogens is 1. The quantitative estimate of drug-likeness (QED) is 0.738. The molecule has 138 valence electrons. The summed E-state index contributed by atoms with van der Waals surface area (Å²) in [6.07, 6.45) is 3.11. The van der Waals surface area contributed by atoms with Crippen LogP contribution in [0.15, 0.2) is 27.6 Å². The lowest BCUT2D eigenvalue weighted by Crippen LogP contribution is -2.42. The van der Waals surface area contributed by atoms with Gasteiger partial charge in [-0.05, 0) is 60.3 Å². The highest BCUT2D eigenvalue weighted by Gasteiger charge is 2.30. The van der Waals surface area contributed by atoms with Crippen molar-refractivity contribution in [3.05, 3.63) is 28.2 Å². The Morgan fingerprint density at radius 1 is 1.20 bits per heavy atom. The van der Waals surface area contributed by atoms with E-state index in [0.29, 0.717) is 36.3 Å². The minimum Gasteiger partial charge on any atom is -0.379 e. The Morgan fingerprint density at radius 3 is 2.60 bits per heavy atom. The summed E-state index contributed by atoms with van der Waals surface area (Å²) in [5.41, 5.74) is 0.420. The van der Waals surface area contributed by atoms with Crippen LogP contribution >= 0.6 is 15.9 Å². The lowest BCUT2D eigenvalue weighted by Gasteiger charge is -2.33. The molecule has 0 aromatic heterocycles. The molecular formula is C17H23BrN2O4S. The van der Waals surface area contributed by atoms with Gasteiger partial charge in [-0.3, -0.25) is 4.79 Å². The molecule has 0 saturated carbocycles. The number of hydrogen-bond donors (Lipinski definition) is 0. The maximum absolute atomic E-state index is 12.9. The summed E-state index contributed by atoms with van der Waals surface area (Å²) in [7, 11) is -3.66. The Hall–Kier alpha value is -0.960. The predicted octanol–water partition coefficient (Wildman–Crippen LogP) is 2.48. The molecule has 1 aromatic carbocycles. The molecule has 3 rings (SSSR count). The first-order valence-electron chi connectivity index (χ1n) is 8.59. The van der Waals surface area contributed by atoms with Gasteiger partial charge >= 0.3 is 0 Å². The van der Waals surface area contributed by atoms with Crippen LogP contribution < -0.4 is 0 Å². The van der Waals surface area contributed by atoms with E-state index in [9.17, 15) is 13.2 Å². The zero-order chi connectivity index (χ0) is 18.0. The molecule has 0 spiro atoms. The SMILES string of the molecule is CC1CCCCN1C(=O)c1ccc(Br)c(S(=O)(=O)N2CCOCC2)c1. The van der Waals surface area contributed by atoms with Gasteiger partial charge in [-0.1, -0.05) is 0 Å². The molecule has 2 fully saturated rings. The van der Waals surface area contributed by atoms with Gasteiger partial charge in [0, 0.05) is 35.7 Å². The summed E-state index contributed by atoms with van der Waals surface area (Å²) in [6, 6.07) is 5.02. The first-order chi connectivity index (χ1) is 11.9. The van der Waals surface area contributed by atoms with E-state index in [1.54, 1.807) is 12.1 Å². The van der Waals surface area contributed by atoms with Crippen molar-refractivity contribution in [3.63, 3.8) is 0 Å². The first-order valence-corrected chi connectivity index (χ1v) is 10.8. The van der Waals surface area contributed by atoms with Gasteiger partial charge in [-0.25, -0.2) is 8.42 Å². The molecule has 2 aliphatic heterocycles. The third-order valence-corrected chi connectivity index (χ3v) is 7.72. The predicted molar refractivity (Wildman–Crippen MR) is 98.1 cm³/mol. The lowest BCUT2D eigenvalue weighted by molar-refractivity contribution is 0.0635. The average Bonchev–Trinajstić information content (AvgIpc) is 2.62. The highest BCUT2D eigenvalue weighted by Crippen LogP contribution is 2.28. The van der Waals surface area contributed by atoms with Crippen LogP contribution in [0.25, 0.3) is 0 Å². The summed E-state index contributed by atoms with van der Waals surface area (Å²) in [5, 5.41) is 0. The Balaban J connectivity index is 1.91. The number of hydrogen-bond acceptors (Lipinski definition) is 4. The summed E-state index contributed by atoms with van der Waals surface area (Å²) in [6.45, 7) is 4.21. The maximum atomic E-state index is 12.9. The second-order valence-electron chi connectivity index (χ2n) is 6.51. The molecule has 25 heavy (non-hydrogen) atoms. The fourth-order valence-electron chi connectivity index (χ4n) is 3.33. The van der Waals surface area contributed by atoms with Gasteiger partial charge < -0.3 is 9.64 Å². The molecule has 0 bridgehead atoms. The number of rotatable bonds is 3. The van der Waals surface area contributed by atoms with Crippen LogP contribution in [0.5, 0.6) is 0 Å². The fraction of sp³-hybridized carbons (Fsp3) is 0.588. The topological polar surface area (TPSA) is 66.9 Å². The molecular weight excluding hydrogens is 408 g/mol.